The molecule has 0 bridgehead atoms. The molecule has 15 heteroatoms. The molecule has 2 fully saturated rings. The van der Waals surface area contributed by atoms with E-state index in [9.17, 15) is 28.4 Å². The Morgan fingerprint density at radius 2 is 1.92 bits per heavy atom. The molecule has 202 valence electrons. The van der Waals surface area contributed by atoms with E-state index in [1.54, 1.807) is 26.2 Å². The molecule has 0 unspecified atom stereocenters. The number of hydrogen-bond donors (Lipinski definition) is 2. The SMILES string of the molecule is CC(C)(O)c1cnc(N2CCN(S(=O)(=O)c3ccc([N+](=O)[O-])s3)C[C@@H]2CN2CCNC(=O)C2(C)C)nc1. The molecule has 13 nitrogen and oxygen atoms in total. The molecule has 2 aliphatic rings. The molecule has 0 radical (unpaired) electrons. The molecule has 0 aliphatic carbocycles. The Labute approximate surface area is 219 Å². The number of anilines is 1. The molecule has 2 aliphatic heterocycles. The van der Waals surface area contributed by atoms with Gasteiger partial charge in [0.2, 0.25) is 11.9 Å². The zero-order chi connectivity index (χ0) is 27.2. The number of carbonyl (C=O) groups excluding carboxylic acids is 1. The van der Waals surface area contributed by atoms with Crippen molar-refractivity contribution in [3.05, 3.63) is 40.2 Å². The molecule has 4 rings (SSSR count). The van der Waals surface area contributed by atoms with Gasteiger partial charge in [-0.1, -0.05) is 0 Å². The van der Waals surface area contributed by atoms with Gasteiger partial charge in [0.05, 0.1) is 22.1 Å². The number of hydrogen-bond acceptors (Lipinski definition) is 11. The highest BCUT2D eigenvalue weighted by atomic mass is 32.2. The highest BCUT2D eigenvalue weighted by Crippen LogP contribution is 2.32. The molecule has 2 saturated heterocycles. The minimum atomic E-state index is -3.97. The van der Waals surface area contributed by atoms with E-state index >= 15 is 0 Å². The van der Waals surface area contributed by atoms with Gasteiger partial charge < -0.3 is 15.3 Å². The lowest BCUT2D eigenvalue weighted by Gasteiger charge is -2.47. The smallest absolute Gasteiger partial charge is 0.325 e. The number of carbonyl (C=O) groups is 1. The lowest BCUT2D eigenvalue weighted by atomic mass is 9.97. The summed E-state index contributed by atoms with van der Waals surface area (Å²) < 4.78 is 28.0. The third-order valence-corrected chi connectivity index (χ3v) is 10.2. The topological polar surface area (TPSA) is 162 Å². The van der Waals surface area contributed by atoms with Gasteiger partial charge in [-0.15, -0.1) is 0 Å². The van der Waals surface area contributed by atoms with Crippen molar-refractivity contribution < 1.29 is 23.2 Å². The van der Waals surface area contributed by atoms with E-state index in [0.717, 1.165) is 0 Å². The summed E-state index contributed by atoms with van der Waals surface area (Å²) in [5, 5.41) is 24.0. The van der Waals surface area contributed by atoms with Crippen molar-refractivity contribution in [2.75, 3.05) is 44.2 Å². The maximum atomic E-state index is 13.4. The highest BCUT2D eigenvalue weighted by molar-refractivity contribution is 7.91. The van der Waals surface area contributed by atoms with Gasteiger partial charge in [-0.2, -0.15) is 4.31 Å². The molecule has 1 atom stereocenters. The van der Waals surface area contributed by atoms with Crippen LogP contribution in [0.3, 0.4) is 0 Å². The Kier molecular flexibility index (Phi) is 7.29. The second-order valence-corrected chi connectivity index (χ2v) is 13.4. The van der Waals surface area contributed by atoms with Gasteiger partial charge in [0.25, 0.3) is 10.0 Å². The Balaban J connectivity index is 1.64. The predicted octanol–water partition coefficient (Wildman–Crippen LogP) is 0.764. The molecule has 0 spiro atoms. The zero-order valence-corrected chi connectivity index (χ0v) is 22.8. The van der Waals surface area contributed by atoms with Crippen LogP contribution in [0.1, 0.15) is 33.3 Å². The number of nitro groups is 1. The van der Waals surface area contributed by atoms with Crippen molar-refractivity contribution in [1.82, 2.24) is 24.5 Å². The summed E-state index contributed by atoms with van der Waals surface area (Å²) in [5.74, 6) is 0.281. The van der Waals surface area contributed by atoms with Crippen molar-refractivity contribution in [1.29, 1.82) is 0 Å². The lowest BCUT2D eigenvalue weighted by molar-refractivity contribution is -0.380. The normalized spacial score (nSPS) is 21.6. The first-order chi connectivity index (χ1) is 17.2. The van der Waals surface area contributed by atoms with E-state index in [1.165, 1.54) is 16.4 Å². The van der Waals surface area contributed by atoms with Crippen LogP contribution in [0.15, 0.2) is 28.7 Å². The van der Waals surface area contributed by atoms with Gasteiger partial charge in [0.1, 0.15) is 4.21 Å². The second-order valence-electron chi connectivity index (χ2n) is 10.2. The van der Waals surface area contributed by atoms with Gasteiger partial charge in [0.15, 0.2) is 0 Å². The van der Waals surface area contributed by atoms with E-state index in [4.69, 9.17) is 0 Å². The third kappa shape index (κ3) is 5.45. The van der Waals surface area contributed by atoms with Crippen LogP contribution < -0.4 is 10.2 Å². The maximum absolute atomic E-state index is 13.4. The van der Waals surface area contributed by atoms with Gasteiger partial charge in [-0.3, -0.25) is 19.8 Å². The Bertz CT molecular complexity index is 1270. The second kappa shape index (κ2) is 9.87. The number of piperazine rings is 2. The number of amides is 1. The van der Waals surface area contributed by atoms with E-state index in [0.29, 0.717) is 42.5 Å². The molecule has 2 aromatic rings. The predicted molar refractivity (Wildman–Crippen MR) is 137 cm³/mol. The largest absolute Gasteiger partial charge is 0.386 e. The fourth-order valence-corrected chi connectivity index (χ4v) is 7.17. The zero-order valence-electron chi connectivity index (χ0n) is 21.1. The molecule has 0 aromatic carbocycles. The van der Waals surface area contributed by atoms with Gasteiger partial charge in [-0.25, -0.2) is 18.4 Å². The molecule has 2 aromatic heterocycles. The minimum absolute atomic E-state index is 0.0822. The summed E-state index contributed by atoms with van der Waals surface area (Å²) in [6.07, 6.45) is 3.09. The summed E-state index contributed by atoms with van der Waals surface area (Å²) >= 11 is 0.626. The first kappa shape index (κ1) is 27.3. The monoisotopic (exact) mass is 553 g/mol. The lowest BCUT2D eigenvalue weighted by Crippen LogP contribution is -2.66. The molecule has 0 saturated carbocycles. The van der Waals surface area contributed by atoms with Crippen LogP contribution in [-0.2, 0) is 20.4 Å². The average Bonchev–Trinajstić information content (AvgIpc) is 3.34. The fraction of sp³-hybridized carbons (Fsp3) is 0.591. The van der Waals surface area contributed by atoms with Crippen molar-refractivity contribution in [2.45, 2.75) is 49.1 Å². The van der Waals surface area contributed by atoms with Crippen molar-refractivity contribution in [3.8, 4) is 0 Å². The molecule has 4 heterocycles. The van der Waals surface area contributed by atoms with Gasteiger partial charge >= 0.3 is 5.00 Å². The van der Waals surface area contributed by atoms with Crippen LogP contribution >= 0.6 is 11.3 Å². The van der Waals surface area contributed by atoms with Crippen LogP contribution in [0.5, 0.6) is 0 Å². The number of aromatic nitrogens is 2. The van der Waals surface area contributed by atoms with Crippen molar-refractivity contribution >= 4 is 38.2 Å². The average molecular weight is 554 g/mol. The standard InChI is InChI=1S/C22H31N7O6S2/c1-21(2)19(30)23-7-8-26(21)13-16-14-27(37(34,35)18-6-5-17(36-18)29(32)33)9-10-28(16)20-24-11-15(12-25-20)22(3,4)31/h5-6,11-12,16,31H,7-10,13-14H2,1-4H3,(H,23,30)/t16-/m0/s1. The summed E-state index contributed by atoms with van der Waals surface area (Å²) in [6, 6.07) is 2.05. The van der Waals surface area contributed by atoms with Crippen molar-refractivity contribution in [3.63, 3.8) is 0 Å². The Morgan fingerprint density at radius 1 is 1.24 bits per heavy atom. The Hall–Kier alpha value is -2.72. The van der Waals surface area contributed by atoms with E-state index < -0.39 is 32.1 Å². The molecule has 1 amide bonds. The highest BCUT2D eigenvalue weighted by Gasteiger charge is 2.42. The molecule has 37 heavy (non-hydrogen) atoms. The number of rotatable bonds is 7. The summed E-state index contributed by atoms with van der Waals surface area (Å²) in [6.45, 7) is 8.84. The van der Waals surface area contributed by atoms with Gasteiger partial charge in [-0.05, 0) is 45.1 Å². The molecular weight excluding hydrogens is 522 g/mol. The number of sulfonamides is 1. The third-order valence-electron chi connectivity index (χ3n) is 6.83. The number of nitrogens with zero attached hydrogens (tertiary/aromatic N) is 6. The van der Waals surface area contributed by atoms with Crippen LogP contribution in [0.4, 0.5) is 10.9 Å². The van der Waals surface area contributed by atoms with Crippen LogP contribution in [-0.4, -0.2) is 94.4 Å². The summed E-state index contributed by atoms with van der Waals surface area (Å²) in [7, 11) is -3.97. The fourth-order valence-electron chi connectivity index (χ4n) is 4.44. The van der Waals surface area contributed by atoms with Crippen LogP contribution in [0, 0.1) is 10.1 Å². The van der Waals surface area contributed by atoms with E-state index in [2.05, 4.69) is 15.3 Å². The molecule has 2 N–H and O–H groups in total. The minimum Gasteiger partial charge on any atom is -0.386 e. The first-order valence-electron chi connectivity index (χ1n) is 11.8. The van der Waals surface area contributed by atoms with Crippen molar-refractivity contribution in [2.24, 2.45) is 0 Å². The van der Waals surface area contributed by atoms with Gasteiger partial charge in [0, 0.05) is 63.3 Å². The van der Waals surface area contributed by atoms with Crippen LogP contribution in [0.2, 0.25) is 0 Å². The number of nitrogens with one attached hydrogen (secondary N) is 1. The maximum Gasteiger partial charge on any atom is 0.325 e. The summed E-state index contributed by atoms with van der Waals surface area (Å²) in [4.78, 5) is 35.9. The number of aliphatic hydroxyl groups is 1. The summed E-state index contributed by atoms with van der Waals surface area (Å²) in [5.41, 5.74) is -1.37. The van der Waals surface area contributed by atoms with E-state index in [-0.39, 0.29) is 34.8 Å². The first-order valence-corrected chi connectivity index (χ1v) is 14.1. The number of thiophene rings is 1. The van der Waals surface area contributed by atoms with E-state index in [1.807, 2.05) is 23.6 Å². The Morgan fingerprint density at radius 3 is 2.51 bits per heavy atom. The van der Waals surface area contributed by atoms with Crippen LogP contribution in [0.25, 0.3) is 0 Å². The molecular formula is C22H31N7O6S2. The quantitative estimate of drug-likeness (QED) is 0.370.